The van der Waals surface area contributed by atoms with Crippen molar-refractivity contribution >= 4 is 23.8 Å². The fourth-order valence-corrected chi connectivity index (χ4v) is 6.26. The highest BCUT2D eigenvalue weighted by atomic mass is 32.5. The lowest BCUT2D eigenvalue weighted by Crippen LogP contribution is -2.34. The number of aromatic nitrogens is 2. The predicted octanol–water partition coefficient (Wildman–Crippen LogP) is 7.33. The highest BCUT2D eigenvalue weighted by molar-refractivity contribution is 8.45. The molecule has 0 spiro atoms. The first-order chi connectivity index (χ1) is 16.7. The maximum atomic E-state index is 13.5. The Hall–Kier alpha value is -2.02. The van der Waals surface area contributed by atoms with Gasteiger partial charge in [-0.05, 0) is 65.2 Å². The van der Waals surface area contributed by atoms with Crippen molar-refractivity contribution in [2.24, 2.45) is 0 Å². The van der Waals surface area contributed by atoms with Crippen molar-refractivity contribution in [2.75, 3.05) is 13.2 Å². The first-order valence-electron chi connectivity index (χ1n) is 11.5. The van der Waals surface area contributed by atoms with Crippen LogP contribution in [0.25, 0.3) is 0 Å². The highest BCUT2D eigenvalue weighted by Crippen LogP contribution is 3.02. The van der Waals surface area contributed by atoms with E-state index in [0.717, 1.165) is 12.1 Å². The van der Waals surface area contributed by atoms with Gasteiger partial charge in [-0.1, -0.05) is 36.7 Å². The zero-order valence-electron chi connectivity index (χ0n) is 21.0. The number of halogens is 5. The molecule has 15 heteroatoms. The van der Waals surface area contributed by atoms with E-state index in [1.165, 1.54) is 0 Å². The molecule has 1 saturated carbocycles. The summed E-state index contributed by atoms with van der Waals surface area (Å²) in [6, 6.07) is 2.63. The number of hydrogen-bond acceptors (Lipinski definition) is 8. The van der Waals surface area contributed by atoms with Crippen LogP contribution in [0.3, 0.4) is 0 Å². The van der Waals surface area contributed by atoms with Gasteiger partial charge in [-0.3, -0.25) is 9.36 Å². The molecular weight excluding hydrogens is 546 g/mol. The van der Waals surface area contributed by atoms with Gasteiger partial charge in [-0.15, -0.1) is 0 Å². The summed E-state index contributed by atoms with van der Waals surface area (Å²) in [6.45, 7) is 8.06. The minimum absolute atomic E-state index is 0.0102. The van der Waals surface area contributed by atoms with Crippen molar-refractivity contribution < 1.29 is 47.1 Å². The smallest absolute Gasteiger partial charge is 0.345 e. The van der Waals surface area contributed by atoms with Gasteiger partial charge < -0.3 is 18.3 Å². The lowest BCUT2D eigenvalue weighted by Gasteiger charge is -2.40. The predicted molar refractivity (Wildman–Crippen MR) is 126 cm³/mol. The number of nitrogens with zero attached hydrogens (tertiary/aromatic N) is 2. The third kappa shape index (κ3) is 6.90. The van der Waals surface area contributed by atoms with Crippen LogP contribution in [-0.2, 0) is 35.0 Å². The molecule has 1 atom stereocenters. The Kier molecular flexibility index (Phi) is 7.21. The zero-order chi connectivity index (χ0) is 28.0. The number of hydrogen-bond donors (Lipinski definition) is 0. The number of esters is 1. The van der Waals surface area contributed by atoms with Crippen LogP contribution >= 0.6 is 17.8 Å². The average molecular weight is 577 g/mol. The number of carbonyl (C=O) groups is 1. The molecule has 0 radical (unpaired) electrons. The van der Waals surface area contributed by atoms with Crippen molar-refractivity contribution in [3.63, 3.8) is 0 Å². The van der Waals surface area contributed by atoms with Crippen LogP contribution in [0.1, 0.15) is 64.7 Å². The normalized spacial score (nSPS) is 18.5. The van der Waals surface area contributed by atoms with Crippen LogP contribution in [0, 0.1) is 0 Å². The molecule has 0 amide bonds. The summed E-state index contributed by atoms with van der Waals surface area (Å²) in [4.78, 5) is 15.3. The second kappa shape index (κ2) is 9.03. The Morgan fingerprint density at radius 1 is 1.08 bits per heavy atom. The fraction of sp³-hybridized carbons (Fsp3) is 0.591. The van der Waals surface area contributed by atoms with Gasteiger partial charge in [-0.25, -0.2) is 0 Å². The highest BCUT2D eigenvalue weighted by Gasteiger charge is 2.65. The van der Waals surface area contributed by atoms with Crippen molar-refractivity contribution in [3.8, 4) is 0 Å². The van der Waals surface area contributed by atoms with E-state index in [-0.39, 0.29) is 31.3 Å². The molecule has 1 aliphatic carbocycles. The second-order valence-electron chi connectivity index (χ2n) is 9.72. The van der Waals surface area contributed by atoms with Crippen molar-refractivity contribution in [3.05, 3.63) is 41.5 Å². The summed E-state index contributed by atoms with van der Waals surface area (Å²) in [5.41, 5.74) is -2.95. The van der Waals surface area contributed by atoms with Crippen LogP contribution in [0.2, 0.25) is 0 Å². The van der Waals surface area contributed by atoms with Crippen molar-refractivity contribution in [1.29, 1.82) is 0 Å². The van der Waals surface area contributed by atoms with E-state index in [2.05, 4.69) is 10.1 Å². The molecule has 0 bridgehead atoms. The summed E-state index contributed by atoms with van der Waals surface area (Å²) in [5, 5.41) is 3.91. The molecule has 1 heterocycles. The van der Waals surface area contributed by atoms with E-state index in [1.54, 1.807) is 34.6 Å². The van der Waals surface area contributed by atoms with Gasteiger partial charge in [0.1, 0.15) is 10.5 Å². The first-order valence-corrected chi connectivity index (χ1v) is 15.1. The molecule has 37 heavy (non-hydrogen) atoms. The molecule has 210 valence electrons. The minimum atomic E-state index is -9.81. The molecule has 2 aromatic rings. The third-order valence-electron chi connectivity index (χ3n) is 5.55. The quantitative estimate of drug-likeness (QED) is 0.156. The second-order valence-corrected chi connectivity index (χ2v) is 14.3. The molecule has 0 aliphatic heterocycles. The Balaban J connectivity index is 1.91. The van der Waals surface area contributed by atoms with Crippen LogP contribution in [0.4, 0.5) is 19.4 Å². The van der Waals surface area contributed by atoms with Crippen LogP contribution in [0.15, 0.2) is 33.7 Å². The molecule has 1 unspecified atom stereocenters. The lowest BCUT2D eigenvalue weighted by atomic mass is 9.95. The van der Waals surface area contributed by atoms with Gasteiger partial charge in [0.2, 0.25) is 5.89 Å². The summed E-state index contributed by atoms with van der Waals surface area (Å²) in [7, 11) is -13.8. The van der Waals surface area contributed by atoms with Gasteiger partial charge in [0.05, 0.1) is 25.0 Å². The molecule has 0 saturated heterocycles. The summed E-state index contributed by atoms with van der Waals surface area (Å²) in [5.74, 6) is -0.848. The van der Waals surface area contributed by atoms with Crippen LogP contribution < -0.4 is 0 Å². The number of benzene rings is 1. The van der Waals surface area contributed by atoms with E-state index in [1.807, 2.05) is 0 Å². The number of rotatable bonds is 11. The van der Waals surface area contributed by atoms with Gasteiger partial charge in [0.15, 0.2) is 11.5 Å². The fourth-order valence-electron chi connectivity index (χ4n) is 3.77. The summed E-state index contributed by atoms with van der Waals surface area (Å²) in [6.07, 6.45) is 0.527. The molecule has 1 fully saturated rings. The van der Waals surface area contributed by atoms with E-state index < -0.39 is 45.4 Å². The van der Waals surface area contributed by atoms with Gasteiger partial charge >= 0.3 is 23.8 Å². The molecule has 8 nitrogen and oxygen atoms in total. The van der Waals surface area contributed by atoms with E-state index in [9.17, 15) is 28.8 Å². The largest absolute Gasteiger partial charge is 0.459 e. The maximum absolute atomic E-state index is 13.5. The molecular formula is C22H30F5N2O6PS. The Morgan fingerprint density at radius 2 is 1.62 bits per heavy atom. The van der Waals surface area contributed by atoms with E-state index in [0.29, 0.717) is 30.5 Å². The topological polar surface area (TPSA) is 101 Å². The lowest BCUT2D eigenvalue weighted by molar-refractivity contribution is -0.154. The van der Waals surface area contributed by atoms with Gasteiger partial charge in [0, 0.05) is 0 Å². The van der Waals surface area contributed by atoms with Crippen LogP contribution in [0.5, 0.6) is 0 Å². The minimum Gasteiger partial charge on any atom is -0.459 e. The average Bonchev–Trinajstić information content (AvgIpc) is 3.41. The maximum Gasteiger partial charge on any atom is 0.345 e. The Labute approximate surface area is 211 Å². The number of ether oxygens (including phenoxy) is 1. The van der Waals surface area contributed by atoms with E-state index >= 15 is 0 Å². The number of carbonyl (C=O) groups excluding carboxylic acids is 1. The first kappa shape index (κ1) is 29.5. The monoisotopic (exact) mass is 576 g/mol. The Bertz CT molecular complexity index is 1180. The molecule has 1 aromatic carbocycles. The molecule has 1 aliphatic rings. The van der Waals surface area contributed by atoms with Crippen molar-refractivity contribution in [2.45, 2.75) is 75.5 Å². The van der Waals surface area contributed by atoms with Crippen LogP contribution in [-0.4, -0.2) is 40.6 Å². The molecule has 0 N–H and O–H groups in total. The van der Waals surface area contributed by atoms with Gasteiger partial charge in [-0.2, -0.15) is 4.98 Å². The SMILES string of the molecule is CCOP(=O)(OCC)C(Cc1nc(C2(c3ccc(S(F)(F)(F)(F)F)cc3)CC2)no1)C(=O)OC(C)(C)C. The Morgan fingerprint density at radius 3 is 2.05 bits per heavy atom. The summed E-state index contributed by atoms with van der Waals surface area (Å²) >= 11 is 0. The summed E-state index contributed by atoms with van der Waals surface area (Å²) < 4.78 is 100. The van der Waals surface area contributed by atoms with Crippen molar-refractivity contribution in [1.82, 2.24) is 10.1 Å². The molecule has 1 aromatic heterocycles. The van der Waals surface area contributed by atoms with Gasteiger partial charge in [0.25, 0.3) is 0 Å². The third-order valence-corrected chi connectivity index (χ3v) is 9.10. The standard InChI is InChI=1S/C22H30F5N2O6PS/c1-6-32-36(31,33-7-2)17(19(30)34-21(3,4)5)14-18-28-20(29-35-18)22(12-13-22)15-8-10-16(11-9-15)37(23,24,25,26)27/h8-11,17H,6-7,12-14H2,1-5H3. The molecule has 3 rings (SSSR count). The zero-order valence-corrected chi connectivity index (χ0v) is 22.7. The van der Waals surface area contributed by atoms with E-state index in [4.69, 9.17) is 18.3 Å².